The first-order valence-corrected chi connectivity index (χ1v) is 3.62. The molecule has 10 heavy (non-hydrogen) atoms. The van der Waals surface area contributed by atoms with Crippen molar-refractivity contribution in [3.63, 3.8) is 0 Å². The highest BCUT2D eigenvalue weighted by atomic mass is 16.4. The van der Waals surface area contributed by atoms with Crippen molar-refractivity contribution >= 4 is 6.09 Å². The number of nitrogens with zero attached hydrogens (tertiary/aromatic N) is 1. The number of rotatable bonds is 4. The van der Waals surface area contributed by atoms with Gasteiger partial charge in [0.15, 0.2) is 0 Å². The van der Waals surface area contributed by atoms with Crippen LogP contribution in [0.1, 0.15) is 26.2 Å². The molecule has 0 aromatic heterocycles. The van der Waals surface area contributed by atoms with Crippen molar-refractivity contribution in [1.82, 2.24) is 4.90 Å². The van der Waals surface area contributed by atoms with Gasteiger partial charge in [0, 0.05) is 13.6 Å². The van der Waals surface area contributed by atoms with Crippen LogP contribution < -0.4 is 0 Å². The van der Waals surface area contributed by atoms with Gasteiger partial charge in [0.1, 0.15) is 0 Å². The minimum absolute atomic E-state index is 0.656. The van der Waals surface area contributed by atoms with Crippen molar-refractivity contribution in [1.29, 1.82) is 0 Å². The maximum atomic E-state index is 10.2. The van der Waals surface area contributed by atoms with Crippen molar-refractivity contribution in [2.75, 3.05) is 13.6 Å². The molecule has 0 unspecified atom stereocenters. The molecule has 0 aliphatic heterocycles. The van der Waals surface area contributed by atoms with Crippen LogP contribution in [0, 0.1) is 0 Å². The number of carboxylic acid groups (broad SMARTS) is 1. The lowest BCUT2D eigenvalue weighted by molar-refractivity contribution is 0.155. The van der Waals surface area contributed by atoms with Gasteiger partial charge in [0.05, 0.1) is 0 Å². The van der Waals surface area contributed by atoms with E-state index < -0.39 is 6.09 Å². The molecule has 1 N–H and O–H groups in total. The summed E-state index contributed by atoms with van der Waals surface area (Å²) in [5.74, 6) is 0. The van der Waals surface area contributed by atoms with Gasteiger partial charge in [-0.05, 0) is 6.42 Å². The van der Waals surface area contributed by atoms with E-state index in [-0.39, 0.29) is 0 Å². The molecule has 0 radical (unpaired) electrons. The molecule has 60 valence electrons. The standard InChI is InChI=1S/C7H15NO2/c1-3-4-5-6-8(2)7(9)10/h3-6H2,1-2H3,(H,9,10). The van der Waals surface area contributed by atoms with E-state index in [1.54, 1.807) is 7.05 Å². The summed E-state index contributed by atoms with van der Waals surface area (Å²) in [6.07, 6.45) is 2.38. The fourth-order valence-electron chi connectivity index (χ4n) is 0.695. The molecule has 0 fully saturated rings. The first-order chi connectivity index (χ1) is 4.68. The predicted octanol–water partition coefficient (Wildman–Crippen LogP) is 1.79. The Bertz CT molecular complexity index is 104. The van der Waals surface area contributed by atoms with Gasteiger partial charge in [0.2, 0.25) is 0 Å². The fourth-order valence-corrected chi connectivity index (χ4v) is 0.695. The van der Waals surface area contributed by atoms with E-state index in [4.69, 9.17) is 5.11 Å². The monoisotopic (exact) mass is 145 g/mol. The topological polar surface area (TPSA) is 40.5 Å². The van der Waals surface area contributed by atoms with Crippen molar-refractivity contribution in [2.24, 2.45) is 0 Å². The molecule has 0 aliphatic carbocycles. The summed E-state index contributed by atoms with van der Waals surface area (Å²) < 4.78 is 0. The summed E-state index contributed by atoms with van der Waals surface area (Å²) in [6.45, 7) is 2.75. The molecule has 1 amide bonds. The molecule has 0 atom stereocenters. The predicted molar refractivity (Wildman–Crippen MR) is 40.2 cm³/mol. The summed E-state index contributed by atoms with van der Waals surface area (Å²) in [5, 5.41) is 8.41. The third-order valence-corrected chi connectivity index (χ3v) is 1.42. The minimum Gasteiger partial charge on any atom is -0.465 e. The zero-order chi connectivity index (χ0) is 7.98. The second-order valence-electron chi connectivity index (χ2n) is 2.41. The molecule has 3 nitrogen and oxygen atoms in total. The van der Waals surface area contributed by atoms with E-state index in [2.05, 4.69) is 6.92 Å². The molecule has 0 saturated carbocycles. The SMILES string of the molecule is CCCCCN(C)C(=O)O. The maximum absolute atomic E-state index is 10.2. The minimum atomic E-state index is -0.837. The Labute approximate surface area is 61.6 Å². The highest BCUT2D eigenvalue weighted by Gasteiger charge is 2.02. The molecule has 0 rings (SSSR count). The molecule has 0 heterocycles. The van der Waals surface area contributed by atoms with E-state index >= 15 is 0 Å². The van der Waals surface area contributed by atoms with E-state index in [0.717, 1.165) is 19.3 Å². The summed E-state index contributed by atoms with van der Waals surface area (Å²) in [5.41, 5.74) is 0. The average molecular weight is 145 g/mol. The van der Waals surface area contributed by atoms with E-state index in [9.17, 15) is 4.79 Å². The summed E-state index contributed by atoms with van der Waals surface area (Å²) in [7, 11) is 1.60. The van der Waals surface area contributed by atoms with Crippen LogP contribution in [-0.4, -0.2) is 29.7 Å². The zero-order valence-electron chi connectivity index (χ0n) is 6.63. The van der Waals surface area contributed by atoms with Crippen LogP contribution in [0.5, 0.6) is 0 Å². The lowest BCUT2D eigenvalue weighted by atomic mass is 10.2. The van der Waals surface area contributed by atoms with Crippen LogP contribution in [0.4, 0.5) is 4.79 Å². The van der Waals surface area contributed by atoms with Gasteiger partial charge in [0.25, 0.3) is 0 Å². The molecule has 0 spiro atoms. The van der Waals surface area contributed by atoms with Gasteiger partial charge >= 0.3 is 6.09 Å². The molecule has 0 aromatic rings. The van der Waals surface area contributed by atoms with Crippen LogP contribution in [0.15, 0.2) is 0 Å². The Morgan fingerprint density at radius 2 is 2.10 bits per heavy atom. The lowest BCUT2D eigenvalue weighted by Crippen LogP contribution is -2.25. The summed E-state index contributed by atoms with van der Waals surface area (Å²) >= 11 is 0. The molecule has 0 saturated heterocycles. The van der Waals surface area contributed by atoms with Crippen molar-refractivity contribution < 1.29 is 9.90 Å². The Hall–Kier alpha value is -0.730. The largest absolute Gasteiger partial charge is 0.465 e. The molecular weight excluding hydrogens is 130 g/mol. The Morgan fingerprint density at radius 3 is 2.50 bits per heavy atom. The van der Waals surface area contributed by atoms with Crippen molar-refractivity contribution in [3.05, 3.63) is 0 Å². The zero-order valence-corrected chi connectivity index (χ0v) is 6.63. The highest BCUT2D eigenvalue weighted by molar-refractivity contribution is 5.64. The van der Waals surface area contributed by atoms with Gasteiger partial charge < -0.3 is 10.0 Å². The van der Waals surface area contributed by atoms with Crippen LogP contribution in [-0.2, 0) is 0 Å². The van der Waals surface area contributed by atoms with E-state index in [1.807, 2.05) is 0 Å². The summed E-state index contributed by atoms with van der Waals surface area (Å²) in [4.78, 5) is 11.5. The van der Waals surface area contributed by atoms with Crippen LogP contribution in [0.25, 0.3) is 0 Å². The number of hydrogen-bond acceptors (Lipinski definition) is 1. The highest BCUT2D eigenvalue weighted by Crippen LogP contribution is 1.95. The van der Waals surface area contributed by atoms with Gasteiger partial charge in [-0.1, -0.05) is 19.8 Å². The first kappa shape index (κ1) is 9.27. The third-order valence-electron chi connectivity index (χ3n) is 1.42. The van der Waals surface area contributed by atoms with Gasteiger partial charge in [-0.3, -0.25) is 0 Å². The normalized spacial score (nSPS) is 9.40. The molecule has 0 aromatic carbocycles. The summed E-state index contributed by atoms with van der Waals surface area (Å²) in [6, 6.07) is 0. The van der Waals surface area contributed by atoms with Gasteiger partial charge in [-0.25, -0.2) is 4.79 Å². The molecule has 0 aliphatic rings. The van der Waals surface area contributed by atoms with Crippen LogP contribution in [0.2, 0.25) is 0 Å². The average Bonchev–Trinajstić information content (AvgIpc) is 1.88. The van der Waals surface area contributed by atoms with Crippen LogP contribution in [0.3, 0.4) is 0 Å². The number of carbonyl (C=O) groups is 1. The maximum Gasteiger partial charge on any atom is 0.407 e. The van der Waals surface area contributed by atoms with Gasteiger partial charge in [-0.15, -0.1) is 0 Å². The Balaban J connectivity index is 3.21. The Morgan fingerprint density at radius 1 is 1.50 bits per heavy atom. The third kappa shape index (κ3) is 4.18. The number of amides is 1. The fraction of sp³-hybridized carbons (Fsp3) is 0.857. The first-order valence-electron chi connectivity index (χ1n) is 3.62. The van der Waals surface area contributed by atoms with E-state index in [1.165, 1.54) is 4.90 Å². The lowest BCUT2D eigenvalue weighted by Gasteiger charge is -2.11. The second kappa shape index (κ2) is 5.09. The second-order valence-corrected chi connectivity index (χ2v) is 2.41. The van der Waals surface area contributed by atoms with Crippen molar-refractivity contribution in [2.45, 2.75) is 26.2 Å². The molecular formula is C7H15NO2. The van der Waals surface area contributed by atoms with Gasteiger partial charge in [-0.2, -0.15) is 0 Å². The van der Waals surface area contributed by atoms with E-state index in [0.29, 0.717) is 6.54 Å². The Kier molecular flexibility index (Phi) is 4.72. The van der Waals surface area contributed by atoms with Crippen molar-refractivity contribution in [3.8, 4) is 0 Å². The smallest absolute Gasteiger partial charge is 0.407 e. The van der Waals surface area contributed by atoms with Crippen LogP contribution >= 0.6 is 0 Å². The quantitative estimate of drug-likeness (QED) is 0.612. The molecule has 0 bridgehead atoms. The number of unbranched alkanes of at least 4 members (excludes halogenated alkanes) is 2. The molecule has 3 heteroatoms. The number of hydrogen-bond donors (Lipinski definition) is 1.